The molecular weight excluding hydrogens is 220 g/mol. The van der Waals surface area contributed by atoms with Crippen molar-refractivity contribution in [1.82, 2.24) is 9.61 Å². The molecule has 98 valence electrons. The van der Waals surface area contributed by atoms with Crippen LogP contribution in [-0.4, -0.2) is 9.61 Å². The molecular formula is C16H24N2. The summed E-state index contributed by atoms with van der Waals surface area (Å²) in [5.74, 6) is 1.21. The topological polar surface area (TPSA) is 17.3 Å². The van der Waals surface area contributed by atoms with Gasteiger partial charge >= 0.3 is 0 Å². The third-order valence-electron chi connectivity index (χ3n) is 4.18. The highest BCUT2D eigenvalue weighted by molar-refractivity contribution is 5.60. The second-order valence-electron chi connectivity index (χ2n) is 5.40. The highest BCUT2D eigenvalue weighted by Crippen LogP contribution is 2.34. The fourth-order valence-electron chi connectivity index (χ4n) is 2.67. The van der Waals surface area contributed by atoms with Crippen LogP contribution in [0.15, 0.2) is 18.3 Å². The highest BCUT2D eigenvalue weighted by atomic mass is 15.2. The normalized spacial score (nSPS) is 14.9. The van der Waals surface area contributed by atoms with Crippen LogP contribution in [0, 0.1) is 6.92 Å². The van der Waals surface area contributed by atoms with Crippen LogP contribution in [0.2, 0.25) is 0 Å². The van der Waals surface area contributed by atoms with Crippen molar-refractivity contribution in [1.29, 1.82) is 0 Å². The lowest BCUT2D eigenvalue weighted by Crippen LogP contribution is -2.07. The molecule has 2 aromatic rings. The van der Waals surface area contributed by atoms with Crippen molar-refractivity contribution in [2.45, 2.75) is 59.3 Å². The second kappa shape index (κ2) is 5.13. The van der Waals surface area contributed by atoms with Crippen LogP contribution in [-0.2, 0) is 0 Å². The van der Waals surface area contributed by atoms with E-state index < -0.39 is 0 Å². The van der Waals surface area contributed by atoms with Gasteiger partial charge in [-0.25, -0.2) is 4.52 Å². The van der Waals surface area contributed by atoms with Crippen LogP contribution < -0.4 is 0 Å². The average molecular weight is 244 g/mol. The molecule has 2 unspecified atom stereocenters. The number of pyridine rings is 1. The third kappa shape index (κ3) is 2.05. The highest BCUT2D eigenvalue weighted by Gasteiger charge is 2.18. The van der Waals surface area contributed by atoms with Crippen molar-refractivity contribution in [3.05, 3.63) is 35.2 Å². The Bertz CT molecular complexity index is 539. The first kappa shape index (κ1) is 13.1. The Morgan fingerprint density at radius 2 is 1.83 bits per heavy atom. The summed E-state index contributed by atoms with van der Waals surface area (Å²) in [5.41, 5.74) is 5.53. The van der Waals surface area contributed by atoms with Crippen molar-refractivity contribution in [3.63, 3.8) is 0 Å². The molecule has 0 radical (unpaired) electrons. The van der Waals surface area contributed by atoms with E-state index in [9.17, 15) is 0 Å². The molecule has 0 saturated carbocycles. The van der Waals surface area contributed by atoms with E-state index in [1.165, 1.54) is 35.2 Å². The van der Waals surface area contributed by atoms with Gasteiger partial charge in [0.25, 0.3) is 0 Å². The molecule has 2 nitrogen and oxygen atoms in total. The maximum atomic E-state index is 4.44. The minimum Gasteiger partial charge on any atom is -0.238 e. The Hall–Kier alpha value is -1.31. The second-order valence-corrected chi connectivity index (χ2v) is 5.40. The predicted octanol–water partition coefficient (Wildman–Crippen LogP) is 4.67. The lowest BCUT2D eigenvalue weighted by molar-refractivity contribution is 0.672. The van der Waals surface area contributed by atoms with Crippen LogP contribution in [0.3, 0.4) is 0 Å². The van der Waals surface area contributed by atoms with Crippen LogP contribution in [0.25, 0.3) is 5.52 Å². The summed E-state index contributed by atoms with van der Waals surface area (Å²) in [7, 11) is 0. The molecule has 18 heavy (non-hydrogen) atoms. The molecule has 0 aliphatic carbocycles. The van der Waals surface area contributed by atoms with Crippen LogP contribution in [0.4, 0.5) is 0 Å². The van der Waals surface area contributed by atoms with E-state index in [1.807, 2.05) is 6.20 Å². The van der Waals surface area contributed by atoms with E-state index in [4.69, 9.17) is 0 Å². The summed E-state index contributed by atoms with van der Waals surface area (Å²) in [6.45, 7) is 11.3. The zero-order valence-corrected chi connectivity index (χ0v) is 12.2. The van der Waals surface area contributed by atoms with E-state index in [0.29, 0.717) is 11.8 Å². The number of hydrogen-bond acceptors (Lipinski definition) is 1. The molecule has 0 bridgehead atoms. The summed E-state index contributed by atoms with van der Waals surface area (Å²) in [6, 6.07) is 4.48. The molecule has 0 saturated heterocycles. The molecule has 2 aromatic heterocycles. The first-order chi connectivity index (χ1) is 8.60. The quantitative estimate of drug-likeness (QED) is 0.764. The molecule has 2 heterocycles. The smallest absolute Gasteiger partial charge is 0.0702 e. The van der Waals surface area contributed by atoms with Gasteiger partial charge in [-0.2, -0.15) is 5.10 Å². The number of nitrogens with zero attached hydrogens (tertiary/aromatic N) is 2. The van der Waals surface area contributed by atoms with Gasteiger partial charge in [0.05, 0.1) is 5.52 Å². The van der Waals surface area contributed by atoms with Crippen LogP contribution >= 0.6 is 0 Å². The van der Waals surface area contributed by atoms with Gasteiger partial charge in [-0.05, 0) is 54.9 Å². The monoisotopic (exact) mass is 244 g/mol. The van der Waals surface area contributed by atoms with Gasteiger partial charge in [-0.15, -0.1) is 0 Å². The molecule has 0 amide bonds. The molecule has 0 N–H and O–H groups in total. The molecule has 0 aliphatic heterocycles. The Balaban J connectivity index is 2.74. The van der Waals surface area contributed by atoms with Gasteiger partial charge in [-0.3, -0.25) is 0 Å². The number of fused-ring (bicyclic) bond motifs is 1. The summed E-state index contributed by atoms with van der Waals surface area (Å²) in [5, 5.41) is 4.44. The lowest BCUT2D eigenvalue weighted by atomic mass is 9.86. The standard InChI is InChI=1S/C16H24N2/c1-6-11(3)14-10-13(5)18-15(8-9-17-18)16(14)12(4)7-2/h8-12H,6-7H2,1-5H3. The fraction of sp³-hybridized carbons (Fsp3) is 0.562. The SMILES string of the molecule is CCC(C)c1cc(C)n2nccc2c1C(C)CC. The molecule has 2 atom stereocenters. The first-order valence-electron chi connectivity index (χ1n) is 7.07. The van der Waals surface area contributed by atoms with Crippen molar-refractivity contribution in [2.24, 2.45) is 0 Å². The van der Waals surface area contributed by atoms with E-state index in [1.54, 1.807) is 0 Å². The molecule has 2 rings (SSSR count). The Labute approximate surface area is 110 Å². The Morgan fingerprint density at radius 1 is 1.17 bits per heavy atom. The van der Waals surface area contributed by atoms with Gasteiger partial charge in [0, 0.05) is 11.9 Å². The lowest BCUT2D eigenvalue weighted by Gasteiger charge is -2.21. The number of rotatable bonds is 4. The van der Waals surface area contributed by atoms with E-state index >= 15 is 0 Å². The largest absolute Gasteiger partial charge is 0.238 e. The van der Waals surface area contributed by atoms with Crippen molar-refractivity contribution >= 4 is 5.52 Å². The number of aryl methyl sites for hydroxylation is 1. The minimum atomic E-state index is 0.591. The zero-order valence-electron chi connectivity index (χ0n) is 12.2. The summed E-state index contributed by atoms with van der Waals surface area (Å²) >= 11 is 0. The molecule has 0 spiro atoms. The first-order valence-corrected chi connectivity index (χ1v) is 7.07. The molecule has 2 heteroatoms. The molecule has 0 aliphatic rings. The van der Waals surface area contributed by atoms with E-state index in [-0.39, 0.29) is 0 Å². The maximum absolute atomic E-state index is 4.44. The number of aromatic nitrogens is 2. The molecule has 0 aromatic carbocycles. The van der Waals surface area contributed by atoms with Crippen LogP contribution in [0.5, 0.6) is 0 Å². The van der Waals surface area contributed by atoms with Gasteiger partial charge in [0.2, 0.25) is 0 Å². The summed E-state index contributed by atoms with van der Waals surface area (Å²) in [4.78, 5) is 0. The zero-order chi connectivity index (χ0) is 13.3. The van der Waals surface area contributed by atoms with Crippen LogP contribution in [0.1, 0.15) is 69.2 Å². The number of hydrogen-bond donors (Lipinski definition) is 0. The average Bonchev–Trinajstić information content (AvgIpc) is 2.86. The van der Waals surface area contributed by atoms with Gasteiger partial charge in [-0.1, -0.05) is 27.7 Å². The van der Waals surface area contributed by atoms with Crippen molar-refractivity contribution in [2.75, 3.05) is 0 Å². The molecule has 0 fully saturated rings. The van der Waals surface area contributed by atoms with Gasteiger partial charge < -0.3 is 0 Å². The van der Waals surface area contributed by atoms with Crippen molar-refractivity contribution < 1.29 is 0 Å². The minimum absolute atomic E-state index is 0.591. The predicted molar refractivity (Wildman–Crippen MR) is 77.3 cm³/mol. The van der Waals surface area contributed by atoms with Gasteiger partial charge in [0.15, 0.2) is 0 Å². The van der Waals surface area contributed by atoms with Gasteiger partial charge in [0.1, 0.15) is 0 Å². The summed E-state index contributed by atoms with van der Waals surface area (Å²) in [6.07, 6.45) is 4.27. The van der Waals surface area contributed by atoms with Crippen molar-refractivity contribution in [3.8, 4) is 0 Å². The van der Waals surface area contributed by atoms with E-state index in [2.05, 4.69) is 56.4 Å². The fourth-order valence-corrected chi connectivity index (χ4v) is 2.67. The third-order valence-corrected chi connectivity index (χ3v) is 4.18. The van der Waals surface area contributed by atoms with E-state index in [0.717, 1.165) is 0 Å². The Kier molecular flexibility index (Phi) is 3.74. The Morgan fingerprint density at radius 3 is 2.44 bits per heavy atom. The maximum Gasteiger partial charge on any atom is 0.0702 e. The summed E-state index contributed by atoms with van der Waals surface area (Å²) < 4.78 is 2.08.